The monoisotopic (exact) mass is 370 g/mol. The van der Waals surface area contributed by atoms with Crippen molar-refractivity contribution < 1.29 is 38.1 Å². The van der Waals surface area contributed by atoms with Gasteiger partial charge in [-0.05, 0) is 29.8 Å². The maximum atomic E-state index is 12.2. The molecule has 0 aliphatic rings. The zero-order valence-electron chi connectivity index (χ0n) is 13.0. The van der Waals surface area contributed by atoms with Crippen LogP contribution in [-0.4, -0.2) is 33.3 Å². The highest BCUT2D eigenvalue weighted by molar-refractivity contribution is 5.96. The van der Waals surface area contributed by atoms with E-state index in [1.54, 1.807) is 5.32 Å². The average Bonchev–Trinajstić information content (AvgIpc) is 2.57. The standard InChI is InChI=1S/C16H13F3N2O5/c17-16(18,19)15(26)21-10-3-1-8(2-4-10)7-20-14(25)9-5-11(22)13(24)12(23)6-9/h1-6,22-24H,7H2,(H,20,25)(H,21,26). The number of alkyl halides is 3. The summed E-state index contributed by atoms with van der Waals surface area (Å²) in [7, 11) is 0. The van der Waals surface area contributed by atoms with E-state index in [0.29, 0.717) is 5.56 Å². The van der Waals surface area contributed by atoms with Crippen LogP contribution in [0.15, 0.2) is 36.4 Å². The molecule has 0 aliphatic heterocycles. The molecule has 0 aromatic heterocycles. The Labute approximate surface area is 144 Å². The minimum Gasteiger partial charge on any atom is -0.504 e. The summed E-state index contributed by atoms with van der Waals surface area (Å²) in [5, 5.41) is 32.1. The van der Waals surface area contributed by atoms with Gasteiger partial charge in [0.1, 0.15) is 0 Å². The lowest BCUT2D eigenvalue weighted by Gasteiger charge is -2.10. The summed E-state index contributed by atoms with van der Waals surface area (Å²) in [5.74, 6) is -4.84. The van der Waals surface area contributed by atoms with Crippen molar-refractivity contribution in [3.8, 4) is 17.2 Å². The maximum absolute atomic E-state index is 12.2. The number of phenolic OH excluding ortho intramolecular Hbond substituents is 3. The maximum Gasteiger partial charge on any atom is 0.471 e. The first kappa shape index (κ1) is 18.9. The van der Waals surface area contributed by atoms with Crippen LogP contribution in [0, 0.1) is 0 Å². The number of rotatable bonds is 4. The summed E-state index contributed by atoms with van der Waals surface area (Å²) in [5.41, 5.74) is 0.359. The van der Waals surface area contributed by atoms with Gasteiger partial charge in [-0.1, -0.05) is 12.1 Å². The first-order valence-electron chi connectivity index (χ1n) is 7.08. The van der Waals surface area contributed by atoms with E-state index in [2.05, 4.69) is 5.32 Å². The van der Waals surface area contributed by atoms with Crippen LogP contribution in [0.5, 0.6) is 17.2 Å². The molecule has 10 heteroatoms. The Balaban J connectivity index is 1.97. The molecule has 7 nitrogen and oxygen atoms in total. The number of halogens is 3. The van der Waals surface area contributed by atoms with Crippen LogP contribution in [-0.2, 0) is 11.3 Å². The van der Waals surface area contributed by atoms with Crippen molar-refractivity contribution in [2.75, 3.05) is 5.32 Å². The molecule has 2 aromatic carbocycles. The number of hydrogen-bond donors (Lipinski definition) is 5. The summed E-state index contributed by atoms with van der Waals surface area (Å²) in [6, 6.07) is 7.20. The van der Waals surface area contributed by atoms with Gasteiger partial charge in [-0.15, -0.1) is 0 Å². The van der Waals surface area contributed by atoms with Crippen LogP contribution in [0.2, 0.25) is 0 Å². The van der Waals surface area contributed by atoms with Gasteiger partial charge in [0.05, 0.1) is 0 Å². The van der Waals surface area contributed by atoms with E-state index < -0.39 is 35.2 Å². The quantitative estimate of drug-likeness (QED) is 0.529. The molecule has 0 spiro atoms. The molecule has 0 saturated heterocycles. The summed E-state index contributed by atoms with van der Waals surface area (Å²) in [6.45, 7) is -0.00523. The normalized spacial score (nSPS) is 11.0. The molecular formula is C16H13F3N2O5. The van der Waals surface area contributed by atoms with Crippen molar-refractivity contribution in [3.05, 3.63) is 47.5 Å². The highest BCUT2D eigenvalue weighted by Gasteiger charge is 2.38. The molecule has 138 valence electrons. The van der Waals surface area contributed by atoms with Gasteiger partial charge in [0, 0.05) is 17.8 Å². The lowest BCUT2D eigenvalue weighted by molar-refractivity contribution is -0.167. The van der Waals surface area contributed by atoms with Crippen LogP contribution in [0.3, 0.4) is 0 Å². The number of benzene rings is 2. The van der Waals surface area contributed by atoms with E-state index in [-0.39, 0.29) is 17.8 Å². The minimum absolute atomic E-state index is 0.00523. The van der Waals surface area contributed by atoms with Crippen molar-refractivity contribution in [1.82, 2.24) is 5.32 Å². The number of amides is 2. The van der Waals surface area contributed by atoms with Gasteiger partial charge in [-0.3, -0.25) is 9.59 Å². The van der Waals surface area contributed by atoms with Gasteiger partial charge in [-0.25, -0.2) is 0 Å². The second kappa shape index (κ2) is 7.21. The van der Waals surface area contributed by atoms with Crippen LogP contribution in [0.1, 0.15) is 15.9 Å². The van der Waals surface area contributed by atoms with Crippen LogP contribution >= 0.6 is 0 Å². The number of hydrogen-bond acceptors (Lipinski definition) is 5. The van der Waals surface area contributed by atoms with E-state index in [0.717, 1.165) is 12.1 Å². The Hall–Kier alpha value is -3.43. The van der Waals surface area contributed by atoms with Crippen molar-refractivity contribution in [2.45, 2.75) is 12.7 Å². The van der Waals surface area contributed by atoms with E-state index in [1.165, 1.54) is 24.3 Å². The lowest BCUT2D eigenvalue weighted by atomic mass is 10.1. The van der Waals surface area contributed by atoms with Crippen molar-refractivity contribution in [2.24, 2.45) is 0 Å². The molecular weight excluding hydrogens is 357 g/mol. The fourth-order valence-electron chi connectivity index (χ4n) is 1.93. The molecule has 0 unspecified atom stereocenters. The number of carbonyl (C=O) groups is 2. The first-order chi connectivity index (χ1) is 12.1. The van der Waals surface area contributed by atoms with Crippen LogP contribution in [0.25, 0.3) is 0 Å². The van der Waals surface area contributed by atoms with Crippen LogP contribution < -0.4 is 10.6 Å². The fourth-order valence-corrected chi connectivity index (χ4v) is 1.93. The molecule has 5 N–H and O–H groups in total. The van der Waals surface area contributed by atoms with Gasteiger partial charge >= 0.3 is 12.1 Å². The molecule has 0 heterocycles. The van der Waals surface area contributed by atoms with Gasteiger partial charge < -0.3 is 26.0 Å². The molecule has 2 aromatic rings. The third-order valence-electron chi connectivity index (χ3n) is 3.25. The van der Waals surface area contributed by atoms with Crippen molar-refractivity contribution in [3.63, 3.8) is 0 Å². The third kappa shape index (κ3) is 4.56. The minimum atomic E-state index is -4.99. The van der Waals surface area contributed by atoms with Gasteiger partial charge in [-0.2, -0.15) is 13.2 Å². The van der Waals surface area contributed by atoms with Gasteiger partial charge in [0.15, 0.2) is 17.2 Å². The molecule has 2 amide bonds. The van der Waals surface area contributed by atoms with Crippen molar-refractivity contribution >= 4 is 17.5 Å². The summed E-state index contributed by atoms with van der Waals surface area (Å²) >= 11 is 0. The Morgan fingerprint density at radius 3 is 2.00 bits per heavy atom. The lowest BCUT2D eigenvalue weighted by Crippen LogP contribution is -2.29. The largest absolute Gasteiger partial charge is 0.504 e. The fraction of sp³-hybridized carbons (Fsp3) is 0.125. The Morgan fingerprint density at radius 1 is 0.962 bits per heavy atom. The molecule has 0 atom stereocenters. The second-order valence-corrected chi connectivity index (χ2v) is 5.19. The smallest absolute Gasteiger partial charge is 0.471 e. The number of phenols is 3. The van der Waals surface area contributed by atoms with Crippen molar-refractivity contribution in [1.29, 1.82) is 0 Å². The molecule has 0 saturated carbocycles. The molecule has 0 fully saturated rings. The van der Waals surface area contributed by atoms with Gasteiger partial charge in [0.2, 0.25) is 0 Å². The molecule has 0 aliphatic carbocycles. The predicted molar refractivity (Wildman–Crippen MR) is 83.7 cm³/mol. The molecule has 0 bridgehead atoms. The number of nitrogens with one attached hydrogen (secondary N) is 2. The third-order valence-corrected chi connectivity index (χ3v) is 3.25. The summed E-state index contributed by atoms with van der Waals surface area (Å²) in [4.78, 5) is 22.8. The Bertz CT molecular complexity index is 812. The van der Waals surface area contributed by atoms with E-state index >= 15 is 0 Å². The highest BCUT2D eigenvalue weighted by atomic mass is 19.4. The number of anilines is 1. The van der Waals surface area contributed by atoms with Gasteiger partial charge in [0.25, 0.3) is 5.91 Å². The number of carbonyl (C=O) groups excluding carboxylic acids is 2. The summed E-state index contributed by atoms with van der Waals surface area (Å²) < 4.78 is 36.5. The zero-order valence-corrected chi connectivity index (χ0v) is 13.0. The average molecular weight is 370 g/mol. The molecule has 2 rings (SSSR count). The zero-order chi connectivity index (χ0) is 19.5. The predicted octanol–water partition coefficient (Wildman–Crippen LogP) is 2.23. The number of aromatic hydroxyl groups is 3. The van der Waals surface area contributed by atoms with Crippen LogP contribution in [0.4, 0.5) is 18.9 Å². The molecule has 0 radical (unpaired) electrons. The SMILES string of the molecule is O=C(NCc1ccc(NC(=O)C(F)(F)F)cc1)c1cc(O)c(O)c(O)c1. The Kier molecular flexibility index (Phi) is 5.24. The summed E-state index contributed by atoms with van der Waals surface area (Å²) in [6.07, 6.45) is -4.99. The first-order valence-corrected chi connectivity index (χ1v) is 7.08. The van der Waals surface area contributed by atoms with E-state index in [9.17, 15) is 38.1 Å². The van der Waals surface area contributed by atoms with E-state index in [4.69, 9.17) is 0 Å². The second-order valence-electron chi connectivity index (χ2n) is 5.19. The Morgan fingerprint density at radius 2 is 1.50 bits per heavy atom. The van der Waals surface area contributed by atoms with E-state index in [1.807, 2.05) is 0 Å². The topological polar surface area (TPSA) is 119 Å². The highest BCUT2D eigenvalue weighted by Crippen LogP contribution is 2.35. The molecule has 26 heavy (non-hydrogen) atoms.